The van der Waals surface area contributed by atoms with Crippen molar-refractivity contribution in [1.29, 1.82) is 0 Å². The summed E-state index contributed by atoms with van der Waals surface area (Å²) in [7, 11) is 1.53. The van der Waals surface area contributed by atoms with Gasteiger partial charge in [-0.25, -0.2) is 9.55 Å². The number of hydrogen-bond donors (Lipinski definition) is 2. The first-order valence-corrected chi connectivity index (χ1v) is 12.2. The Kier molecular flexibility index (Phi) is 6.36. The lowest BCUT2D eigenvalue weighted by Gasteiger charge is -2.15. The van der Waals surface area contributed by atoms with Crippen LogP contribution < -0.4 is 15.6 Å². The molecule has 0 atom stereocenters. The number of fused-ring (bicyclic) bond motifs is 3. The number of aromatic amines is 1. The van der Waals surface area contributed by atoms with Gasteiger partial charge in [-0.1, -0.05) is 36.0 Å². The summed E-state index contributed by atoms with van der Waals surface area (Å²) < 4.78 is 6.98. The number of nitro groups is 1. The Morgan fingerprint density at radius 3 is 2.65 bits per heavy atom. The van der Waals surface area contributed by atoms with Crippen LogP contribution in [0.5, 0.6) is 5.75 Å². The van der Waals surface area contributed by atoms with E-state index >= 15 is 0 Å². The average Bonchev–Trinajstić information content (AvgIpc) is 3.27. The van der Waals surface area contributed by atoms with Crippen molar-refractivity contribution in [2.75, 3.05) is 18.2 Å². The number of benzene rings is 3. The van der Waals surface area contributed by atoms with E-state index in [4.69, 9.17) is 9.72 Å². The molecule has 0 bridgehead atoms. The van der Waals surface area contributed by atoms with E-state index in [1.54, 1.807) is 6.07 Å². The van der Waals surface area contributed by atoms with Crippen molar-refractivity contribution in [3.63, 3.8) is 0 Å². The molecule has 0 saturated carbocycles. The normalized spacial score (nSPS) is 11.1. The third kappa shape index (κ3) is 4.64. The highest BCUT2D eigenvalue weighted by molar-refractivity contribution is 7.99. The molecule has 3 aromatic carbocycles. The highest BCUT2D eigenvalue weighted by Gasteiger charge is 2.20. The van der Waals surface area contributed by atoms with Crippen molar-refractivity contribution in [1.82, 2.24) is 14.5 Å². The zero-order valence-corrected chi connectivity index (χ0v) is 20.7. The van der Waals surface area contributed by atoms with E-state index in [0.717, 1.165) is 28.2 Å². The highest BCUT2D eigenvalue weighted by Crippen LogP contribution is 2.30. The molecule has 0 aliphatic heterocycles. The number of aromatic nitrogens is 3. The quantitative estimate of drug-likeness (QED) is 0.137. The number of carbonyl (C=O) groups is 1. The summed E-state index contributed by atoms with van der Waals surface area (Å²) in [6, 6.07) is 18.6. The number of H-pyrrole nitrogens is 1. The van der Waals surface area contributed by atoms with E-state index in [9.17, 15) is 19.7 Å². The molecule has 186 valence electrons. The topological polar surface area (TPSA) is 132 Å². The number of methoxy groups -OCH3 is 1. The number of amides is 1. The second-order valence-corrected chi connectivity index (χ2v) is 9.19. The van der Waals surface area contributed by atoms with Gasteiger partial charge in [-0.15, -0.1) is 0 Å². The van der Waals surface area contributed by atoms with Crippen LogP contribution in [0, 0.1) is 17.0 Å². The van der Waals surface area contributed by atoms with Crippen molar-refractivity contribution < 1.29 is 14.5 Å². The van der Waals surface area contributed by atoms with Gasteiger partial charge < -0.3 is 15.0 Å². The highest BCUT2D eigenvalue weighted by atomic mass is 32.2. The minimum absolute atomic E-state index is 0.0502. The van der Waals surface area contributed by atoms with Crippen LogP contribution in [0.4, 0.5) is 11.4 Å². The molecular formula is C26H21N5O5S. The number of nitrogens with zero attached hydrogens (tertiary/aromatic N) is 3. The number of anilines is 1. The maximum Gasteiger partial charge on any atom is 0.283 e. The number of nitrogens with one attached hydrogen (secondary N) is 2. The second kappa shape index (κ2) is 9.78. The van der Waals surface area contributed by atoms with Gasteiger partial charge in [-0.2, -0.15) is 0 Å². The molecule has 2 aromatic heterocycles. The number of carbonyl (C=O) groups excluding carboxylic acids is 1. The van der Waals surface area contributed by atoms with Gasteiger partial charge in [-0.05, 0) is 42.8 Å². The lowest BCUT2D eigenvalue weighted by atomic mass is 10.2. The van der Waals surface area contributed by atoms with Gasteiger partial charge in [0.2, 0.25) is 5.91 Å². The number of hydrogen-bond acceptors (Lipinski definition) is 7. The molecule has 0 saturated heterocycles. The van der Waals surface area contributed by atoms with Gasteiger partial charge in [0, 0.05) is 28.7 Å². The first-order valence-electron chi connectivity index (χ1n) is 11.2. The SMILES string of the molecule is COc1ccc(C)cc1-n1c(SCC(=O)Nc2ccc([N+](=O)[O-])cc2)nc2c([nH]c3ccccc32)c1=O. The Morgan fingerprint density at radius 1 is 1.16 bits per heavy atom. The molecule has 5 aromatic rings. The van der Waals surface area contributed by atoms with E-state index in [1.165, 1.54) is 35.9 Å². The van der Waals surface area contributed by atoms with E-state index in [0.29, 0.717) is 33.3 Å². The first kappa shape index (κ1) is 24.1. The largest absolute Gasteiger partial charge is 0.495 e. The van der Waals surface area contributed by atoms with Crippen molar-refractivity contribution in [2.24, 2.45) is 0 Å². The number of rotatable bonds is 7. The van der Waals surface area contributed by atoms with E-state index in [1.807, 2.05) is 43.3 Å². The average molecular weight is 516 g/mol. The van der Waals surface area contributed by atoms with Crippen LogP contribution in [0.15, 0.2) is 76.7 Å². The van der Waals surface area contributed by atoms with Crippen molar-refractivity contribution >= 4 is 51.0 Å². The van der Waals surface area contributed by atoms with Crippen LogP contribution in [0.1, 0.15) is 5.56 Å². The van der Waals surface area contributed by atoms with Gasteiger partial charge in [-0.3, -0.25) is 19.7 Å². The van der Waals surface area contributed by atoms with Crippen LogP contribution in [-0.2, 0) is 4.79 Å². The van der Waals surface area contributed by atoms with Crippen LogP contribution in [0.25, 0.3) is 27.6 Å². The van der Waals surface area contributed by atoms with Crippen LogP contribution in [0.3, 0.4) is 0 Å². The number of nitro benzene ring substituents is 1. The number of para-hydroxylation sites is 1. The standard InChI is InChI=1S/C26H21N5O5S/c1-15-7-12-21(36-2)20(13-15)30-25(33)24-23(18-5-3-4-6-19(18)28-24)29-26(30)37-14-22(32)27-16-8-10-17(11-9-16)31(34)35/h3-13,28H,14H2,1-2H3,(H,27,32). The molecule has 10 nitrogen and oxygen atoms in total. The fourth-order valence-electron chi connectivity index (χ4n) is 4.02. The van der Waals surface area contributed by atoms with Gasteiger partial charge in [0.25, 0.3) is 11.2 Å². The molecule has 5 rings (SSSR count). The van der Waals surface area contributed by atoms with Crippen LogP contribution >= 0.6 is 11.8 Å². The molecule has 2 heterocycles. The third-order valence-electron chi connectivity index (χ3n) is 5.76. The smallest absolute Gasteiger partial charge is 0.283 e. The Balaban J connectivity index is 1.55. The molecule has 37 heavy (non-hydrogen) atoms. The molecule has 0 spiro atoms. The maximum atomic E-state index is 13.8. The van der Waals surface area contributed by atoms with Crippen LogP contribution in [0.2, 0.25) is 0 Å². The second-order valence-electron chi connectivity index (χ2n) is 8.25. The molecule has 11 heteroatoms. The molecule has 0 unspecified atom stereocenters. The fraction of sp³-hybridized carbons (Fsp3) is 0.115. The molecule has 0 fully saturated rings. The summed E-state index contributed by atoms with van der Waals surface area (Å²) in [6.07, 6.45) is 0. The maximum absolute atomic E-state index is 13.8. The molecule has 0 aliphatic rings. The molecular weight excluding hydrogens is 494 g/mol. The summed E-state index contributed by atoms with van der Waals surface area (Å²) in [4.78, 5) is 44.8. The molecule has 0 aliphatic carbocycles. The Bertz CT molecular complexity index is 1730. The van der Waals surface area contributed by atoms with Gasteiger partial charge in [0.1, 0.15) is 16.8 Å². The van der Waals surface area contributed by atoms with Crippen molar-refractivity contribution in [3.05, 3.63) is 92.8 Å². The van der Waals surface area contributed by atoms with Gasteiger partial charge in [0.05, 0.1) is 23.5 Å². The Hall–Kier alpha value is -4.64. The van der Waals surface area contributed by atoms with Crippen molar-refractivity contribution in [2.45, 2.75) is 12.1 Å². The Labute approximate surface area is 214 Å². The monoisotopic (exact) mass is 515 g/mol. The Morgan fingerprint density at radius 2 is 1.92 bits per heavy atom. The summed E-state index contributed by atoms with van der Waals surface area (Å²) >= 11 is 1.11. The number of aryl methyl sites for hydroxylation is 1. The van der Waals surface area contributed by atoms with Gasteiger partial charge in [0.15, 0.2) is 5.16 Å². The molecule has 2 N–H and O–H groups in total. The molecule has 1 amide bonds. The number of thioether (sulfide) groups is 1. The first-order chi connectivity index (χ1) is 17.9. The molecule has 0 radical (unpaired) electrons. The van der Waals surface area contributed by atoms with E-state index < -0.39 is 4.92 Å². The summed E-state index contributed by atoms with van der Waals surface area (Å²) in [6.45, 7) is 1.91. The lowest BCUT2D eigenvalue weighted by molar-refractivity contribution is -0.384. The summed E-state index contributed by atoms with van der Waals surface area (Å²) in [5.74, 6) is 0.0860. The van der Waals surface area contributed by atoms with E-state index in [-0.39, 0.29) is 22.9 Å². The fourth-order valence-corrected chi connectivity index (χ4v) is 4.82. The zero-order chi connectivity index (χ0) is 26.1. The lowest BCUT2D eigenvalue weighted by Crippen LogP contribution is -2.23. The third-order valence-corrected chi connectivity index (χ3v) is 6.70. The number of non-ortho nitro benzene ring substituents is 1. The number of ether oxygens (including phenoxy) is 1. The summed E-state index contributed by atoms with van der Waals surface area (Å²) in [5, 5.41) is 14.7. The minimum Gasteiger partial charge on any atom is -0.495 e. The predicted molar refractivity (Wildman–Crippen MR) is 143 cm³/mol. The van der Waals surface area contributed by atoms with E-state index in [2.05, 4.69) is 10.3 Å². The predicted octanol–water partition coefficient (Wildman–Crippen LogP) is 4.82. The van der Waals surface area contributed by atoms with Crippen molar-refractivity contribution in [3.8, 4) is 11.4 Å². The van der Waals surface area contributed by atoms with Crippen LogP contribution in [-0.4, -0.2) is 38.2 Å². The zero-order valence-electron chi connectivity index (χ0n) is 19.8. The van der Waals surface area contributed by atoms with Gasteiger partial charge >= 0.3 is 0 Å². The minimum atomic E-state index is -0.507. The summed E-state index contributed by atoms with van der Waals surface area (Å²) in [5.41, 5.74) is 3.12.